The summed E-state index contributed by atoms with van der Waals surface area (Å²) in [5.74, 6) is -0.0420. The monoisotopic (exact) mass is 1100 g/mol. The van der Waals surface area contributed by atoms with Crippen LogP contribution in [0.2, 0.25) is 0 Å². The quantitative estimate of drug-likeness (QED) is 0.0320. The molecule has 0 aliphatic rings. The Balaban J connectivity index is 3.36. The first kappa shape index (κ1) is 76.3. The van der Waals surface area contributed by atoms with Gasteiger partial charge in [-0.05, 0) is 57.8 Å². The van der Waals surface area contributed by atoms with Crippen LogP contribution in [0.5, 0.6) is 0 Å². The number of hydrogen-bond donors (Lipinski definition) is 3. The number of nitrogens with one attached hydrogen (secondary N) is 1. The SMILES string of the molecule is CCCCCCCCCCCCCCC/C=C/C(O)C(CO)NC(=O)CCCCCCCCCCCCCCCCCC/C=C\CCCCCCCCCCCCCCOC(=O)CCCCCCCCCCCCCCCC. The predicted octanol–water partition coefficient (Wildman–Crippen LogP) is 22.9. The van der Waals surface area contributed by atoms with E-state index in [0.29, 0.717) is 19.4 Å². The number of esters is 1. The van der Waals surface area contributed by atoms with Gasteiger partial charge in [0.15, 0.2) is 0 Å². The Morgan fingerprint density at radius 1 is 0.346 bits per heavy atom. The van der Waals surface area contributed by atoms with Crippen molar-refractivity contribution in [3.63, 3.8) is 0 Å². The molecule has 0 spiro atoms. The van der Waals surface area contributed by atoms with E-state index in [-0.39, 0.29) is 18.5 Å². The molecule has 78 heavy (non-hydrogen) atoms. The molecule has 6 heteroatoms. The van der Waals surface area contributed by atoms with Gasteiger partial charge in [0.25, 0.3) is 0 Å². The first-order valence-corrected chi connectivity index (χ1v) is 35.6. The molecule has 0 fully saturated rings. The Kier molecular flexibility index (Phi) is 66.4. The Bertz CT molecular complexity index is 1220. The average Bonchev–Trinajstić information content (AvgIpc) is 3.44. The third-order valence-electron chi connectivity index (χ3n) is 16.7. The van der Waals surface area contributed by atoms with E-state index in [1.807, 2.05) is 6.08 Å². The highest BCUT2D eigenvalue weighted by Crippen LogP contribution is 2.19. The fraction of sp³-hybridized carbons (Fsp3) is 0.917. The number of unbranched alkanes of at least 4 members (excludes halogenated alkanes) is 54. The summed E-state index contributed by atoms with van der Waals surface area (Å²) in [6, 6.07) is -0.625. The maximum absolute atomic E-state index is 12.5. The van der Waals surface area contributed by atoms with E-state index in [4.69, 9.17) is 4.74 Å². The van der Waals surface area contributed by atoms with Crippen molar-refractivity contribution in [2.24, 2.45) is 0 Å². The summed E-state index contributed by atoms with van der Waals surface area (Å²) in [6.07, 6.45) is 85.5. The first-order valence-electron chi connectivity index (χ1n) is 35.6. The van der Waals surface area contributed by atoms with Crippen LogP contribution in [0, 0.1) is 0 Å². The van der Waals surface area contributed by atoms with E-state index in [9.17, 15) is 19.8 Å². The van der Waals surface area contributed by atoms with E-state index in [2.05, 4.69) is 31.3 Å². The van der Waals surface area contributed by atoms with Crippen LogP contribution in [0.4, 0.5) is 0 Å². The molecule has 0 saturated heterocycles. The average molecular weight is 1100 g/mol. The second-order valence-corrected chi connectivity index (χ2v) is 24.6. The van der Waals surface area contributed by atoms with Gasteiger partial charge in [0.05, 0.1) is 25.4 Å². The Morgan fingerprint density at radius 2 is 0.603 bits per heavy atom. The molecule has 3 N–H and O–H groups in total. The fourth-order valence-electron chi connectivity index (χ4n) is 11.3. The third-order valence-corrected chi connectivity index (χ3v) is 16.7. The van der Waals surface area contributed by atoms with E-state index < -0.39 is 12.1 Å². The molecule has 0 radical (unpaired) electrons. The number of aliphatic hydroxyl groups excluding tert-OH is 2. The van der Waals surface area contributed by atoms with Gasteiger partial charge in [0, 0.05) is 12.8 Å². The van der Waals surface area contributed by atoms with E-state index >= 15 is 0 Å². The van der Waals surface area contributed by atoms with E-state index in [0.717, 1.165) is 38.5 Å². The van der Waals surface area contributed by atoms with E-state index in [1.54, 1.807) is 6.08 Å². The zero-order valence-corrected chi connectivity index (χ0v) is 52.9. The maximum Gasteiger partial charge on any atom is 0.305 e. The second-order valence-electron chi connectivity index (χ2n) is 24.6. The van der Waals surface area contributed by atoms with Gasteiger partial charge in [0.2, 0.25) is 5.91 Å². The summed E-state index contributed by atoms with van der Waals surface area (Å²) in [5, 5.41) is 23.2. The van der Waals surface area contributed by atoms with Gasteiger partial charge in [-0.25, -0.2) is 0 Å². The lowest BCUT2D eigenvalue weighted by Crippen LogP contribution is -2.45. The topological polar surface area (TPSA) is 95.9 Å². The van der Waals surface area contributed by atoms with Crippen LogP contribution in [0.25, 0.3) is 0 Å². The first-order chi connectivity index (χ1) is 38.5. The van der Waals surface area contributed by atoms with Crippen LogP contribution in [0.1, 0.15) is 399 Å². The van der Waals surface area contributed by atoms with Gasteiger partial charge < -0.3 is 20.3 Å². The van der Waals surface area contributed by atoms with Crippen LogP contribution >= 0.6 is 0 Å². The summed E-state index contributed by atoms with van der Waals surface area (Å²) in [6.45, 7) is 4.94. The van der Waals surface area contributed by atoms with Crippen molar-refractivity contribution >= 4 is 11.9 Å². The molecule has 6 nitrogen and oxygen atoms in total. The van der Waals surface area contributed by atoms with Crippen molar-refractivity contribution < 1.29 is 24.5 Å². The number of aliphatic hydroxyl groups is 2. The normalized spacial score (nSPS) is 12.6. The minimum atomic E-state index is -0.842. The van der Waals surface area contributed by atoms with Crippen LogP contribution in [-0.4, -0.2) is 47.4 Å². The van der Waals surface area contributed by atoms with Crippen LogP contribution in [0.3, 0.4) is 0 Å². The van der Waals surface area contributed by atoms with Gasteiger partial charge in [-0.15, -0.1) is 0 Å². The van der Waals surface area contributed by atoms with Crippen LogP contribution in [-0.2, 0) is 14.3 Å². The number of carbonyl (C=O) groups excluding carboxylic acids is 2. The minimum absolute atomic E-state index is 0.0208. The van der Waals surface area contributed by atoms with Gasteiger partial charge in [-0.3, -0.25) is 9.59 Å². The second kappa shape index (κ2) is 67.8. The molecule has 0 bridgehead atoms. The smallest absolute Gasteiger partial charge is 0.305 e. The summed E-state index contributed by atoms with van der Waals surface area (Å²) in [7, 11) is 0. The van der Waals surface area contributed by atoms with Crippen LogP contribution < -0.4 is 5.32 Å². The van der Waals surface area contributed by atoms with Crippen molar-refractivity contribution in [1.82, 2.24) is 5.32 Å². The van der Waals surface area contributed by atoms with Crippen LogP contribution in [0.15, 0.2) is 24.3 Å². The summed E-state index contributed by atoms with van der Waals surface area (Å²) < 4.78 is 5.49. The molecule has 0 aliphatic heterocycles. The van der Waals surface area contributed by atoms with Crippen molar-refractivity contribution in [2.45, 2.75) is 411 Å². The molecule has 0 rings (SSSR count). The number of ether oxygens (including phenoxy) is 1. The minimum Gasteiger partial charge on any atom is -0.466 e. The maximum atomic E-state index is 12.5. The molecule has 0 saturated carbocycles. The molecule has 0 aliphatic carbocycles. The summed E-state index contributed by atoms with van der Waals surface area (Å²) >= 11 is 0. The Morgan fingerprint density at radius 3 is 0.910 bits per heavy atom. The number of allylic oxidation sites excluding steroid dienone is 3. The van der Waals surface area contributed by atoms with Gasteiger partial charge in [-0.2, -0.15) is 0 Å². The molecule has 0 heterocycles. The van der Waals surface area contributed by atoms with Crippen molar-refractivity contribution in [3.8, 4) is 0 Å². The molecular weight excluding hydrogens is 959 g/mol. The fourth-order valence-corrected chi connectivity index (χ4v) is 11.3. The highest BCUT2D eigenvalue weighted by Gasteiger charge is 2.18. The summed E-state index contributed by atoms with van der Waals surface area (Å²) in [4.78, 5) is 24.5. The largest absolute Gasteiger partial charge is 0.466 e. The molecule has 2 atom stereocenters. The van der Waals surface area contributed by atoms with Crippen molar-refractivity contribution in [3.05, 3.63) is 24.3 Å². The highest BCUT2D eigenvalue weighted by atomic mass is 16.5. The molecular formula is C72H139NO5. The highest BCUT2D eigenvalue weighted by molar-refractivity contribution is 5.76. The molecule has 0 aromatic carbocycles. The molecule has 0 aromatic heterocycles. The molecule has 1 amide bonds. The van der Waals surface area contributed by atoms with Crippen molar-refractivity contribution in [2.75, 3.05) is 13.2 Å². The molecule has 462 valence electrons. The van der Waals surface area contributed by atoms with E-state index in [1.165, 1.54) is 334 Å². The predicted molar refractivity (Wildman–Crippen MR) is 343 cm³/mol. The number of hydrogen-bond acceptors (Lipinski definition) is 5. The lowest BCUT2D eigenvalue weighted by molar-refractivity contribution is -0.143. The van der Waals surface area contributed by atoms with Gasteiger partial charge in [0.1, 0.15) is 0 Å². The Hall–Kier alpha value is -1.66. The zero-order chi connectivity index (χ0) is 56.4. The summed E-state index contributed by atoms with van der Waals surface area (Å²) in [5.41, 5.74) is 0. The van der Waals surface area contributed by atoms with Gasteiger partial charge >= 0.3 is 5.97 Å². The number of carbonyl (C=O) groups is 2. The standard InChI is InChI=1S/C72H139NO5/c1-3-5-7-9-11-13-15-17-37-40-44-48-52-56-60-64-70(75)69(68-74)73-71(76)65-61-57-53-49-45-41-38-35-33-31-29-27-25-23-21-19-20-22-24-26-28-30-32-34-36-39-43-47-51-55-59-63-67-78-72(77)66-62-58-54-50-46-42-18-16-14-12-10-8-6-4-2/h22,24,60,64,69-70,74-75H,3-21,23,25-59,61-63,65-68H2,1-2H3,(H,73,76)/b24-22-,64-60+. The van der Waals surface area contributed by atoms with Crippen molar-refractivity contribution in [1.29, 1.82) is 0 Å². The number of rotatable bonds is 67. The molecule has 0 aromatic rings. The molecule has 2 unspecified atom stereocenters. The number of amides is 1. The zero-order valence-electron chi connectivity index (χ0n) is 52.9. The van der Waals surface area contributed by atoms with Gasteiger partial charge in [-0.1, -0.05) is 353 Å². The lowest BCUT2D eigenvalue weighted by Gasteiger charge is -2.20. The Labute approximate surface area is 488 Å². The lowest BCUT2D eigenvalue weighted by atomic mass is 10.0. The third kappa shape index (κ3) is 63.5.